The lowest BCUT2D eigenvalue weighted by Crippen LogP contribution is -1.94. The van der Waals surface area contributed by atoms with Gasteiger partial charge in [-0.25, -0.2) is 4.98 Å². The first-order valence-corrected chi connectivity index (χ1v) is 6.21. The van der Waals surface area contributed by atoms with Crippen LogP contribution in [0, 0.1) is 0 Å². The van der Waals surface area contributed by atoms with E-state index in [1.807, 2.05) is 42.6 Å². The van der Waals surface area contributed by atoms with Crippen molar-refractivity contribution in [3.05, 3.63) is 54.4 Å². The minimum atomic E-state index is -0.439. The SMILES string of the molecule is CC(O)c1ccc(Nc2ccnc3[nH]ccc23)cc1. The Hall–Kier alpha value is -2.33. The number of aromatic nitrogens is 2. The van der Waals surface area contributed by atoms with Crippen LogP contribution in [0.15, 0.2) is 48.8 Å². The third-order valence-electron chi connectivity index (χ3n) is 3.13. The van der Waals surface area contributed by atoms with Crippen molar-refractivity contribution in [1.82, 2.24) is 9.97 Å². The molecule has 0 saturated heterocycles. The average Bonchev–Trinajstić information content (AvgIpc) is 2.89. The van der Waals surface area contributed by atoms with Crippen LogP contribution in [0.1, 0.15) is 18.6 Å². The molecule has 0 aliphatic carbocycles. The smallest absolute Gasteiger partial charge is 0.139 e. The largest absolute Gasteiger partial charge is 0.389 e. The average molecular weight is 253 g/mol. The number of H-pyrrole nitrogens is 1. The maximum absolute atomic E-state index is 9.49. The predicted octanol–water partition coefficient (Wildman–Crippen LogP) is 3.36. The van der Waals surface area contributed by atoms with E-state index in [-0.39, 0.29) is 0 Å². The number of anilines is 2. The predicted molar refractivity (Wildman–Crippen MR) is 76.5 cm³/mol. The Morgan fingerprint density at radius 1 is 1.16 bits per heavy atom. The summed E-state index contributed by atoms with van der Waals surface area (Å²) in [5, 5.41) is 13.9. The fourth-order valence-corrected chi connectivity index (χ4v) is 2.07. The standard InChI is InChI=1S/C15H15N3O/c1-10(19)11-2-4-12(5-3-11)18-14-7-9-17-15-13(14)6-8-16-15/h2-10,19H,1H3,(H2,16,17,18). The van der Waals surface area contributed by atoms with Gasteiger partial charge < -0.3 is 15.4 Å². The van der Waals surface area contributed by atoms with Crippen molar-refractivity contribution in [2.75, 3.05) is 5.32 Å². The summed E-state index contributed by atoms with van der Waals surface area (Å²) < 4.78 is 0. The van der Waals surface area contributed by atoms with E-state index in [4.69, 9.17) is 0 Å². The van der Waals surface area contributed by atoms with Crippen LogP contribution in [0.25, 0.3) is 11.0 Å². The van der Waals surface area contributed by atoms with Crippen molar-refractivity contribution in [3.8, 4) is 0 Å². The molecule has 2 heterocycles. The quantitative estimate of drug-likeness (QED) is 0.670. The van der Waals surface area contributed by atoms with Gasteiger partial charge in [0.05, 0.1) is 11.8 Å². The number of aliphatic hydroxyl groups excluding tert-OH is 1. The van der Waals surface area contributed by atoms with E-state index in [1.165, 1.54) is 0 Å². The van der Waals surface area contributed by atoms with Gasteiger partial charge in [-0.1, -0.05) is 12.1 Å². The second kappa shape index (κ2) is 4.74. The van der Waals surface area contributed by atoms with Crippen molar-refractivity contribution in [3.63, 3.8) is 0 Å². The van der Waals surface area contributed by atoms with Gasteiger partial charge in [-0.3, -0.25) is 0 Å². The molecule has 0 radical (unpaired) electrons. The molecule has 0 bridgehead atoms. The van der Waals surface area contributed by atoms with E-state index in [0.29, 0.717) is 0 Å². The number of nitrogens with one attached hydrogen (secondary N) is 2. The summed E-state index contributed by atoms with van der Waals surface area (Å²) in [6, 6.07) is 11.7. The zero-order valence-electron chi connectivity index (χ0n) is 10.6. The lowest BCUT2D eigenvalue weighted by atomic mass is 10.1. The molecule has 1 aromatic carbocycles. The van der Waals surface area contributed by atoms with E-state index in [1.54, 1.807) is 13.1 Å². The molecule has 0 spiro atoms. The molecule has 19 heavy (non-hydrogen) atoms. The molecule has 1 atom stereocenters. The Balaban J connectivity index is 1.90. The Morgan fingerprint density at radius 3 is 2.68 bits per heavy atom. The lowest BCUT2D eigenvalue weighted by Gasteiger charge is -2.09. The number of pyridine rings is 1. The van der Waals surface area contributed by atoms with Crippen LogP contribution in [-0.2, 0) is 0 Å². The van der Waals surface area contributed by atoms with E-state index in [2.05, 4.69) is 15.3 Å². The number of hydrogen-bond donors (Lipinski definition) is 3. The van der Waals surface area contributed by atoms with Crippen molar-refractivity contribution >= 4 is 22.4 Å². The molecule has 1 unspecified atom stereocenters. The maximum Gasteiger partial charge on any atom is 0.139 e. The molecule has 0 aliphatic heterocycles. The van der Waals surface area contributed by atoms with Crippen molar-refractivity contribution < 1.29 is 5.11 Å². The van der Waals surface area contributed by atoms with Gasteiger partial charge in [-0.2, -0.15) is 0 Å². The zero-order valence-corrected chi connectivity index (χ0v) is 10.6. The van der Waals surface area contributed by atoms with Gasteiger partial charge in [0.15, 0.2) is 0 Å². The Bertz CT molecular complexity index is 686. The molecule has 0 aliphatic rings. The number of aliphatic hydroxyl groups is 1. The Labute approximate surface area is 111 Å². The molecule has 0 amide bonds. The van der Waals surface area contributed by atoms with E-state index >= 15 is 0 Å². The maximum atomic E-state index is 9.49. The first-order valence-electron chi connectivity index (χ1n) is 6.21. The summed E-state index contributed by atoms with van der Waals surface area (Å²) in [4.78, 5) is 7.34. The van der Waals surface area contributed by atoms with Crippen LogP contribution >= 0.6 is 0 Å². The van der Waals surface area contributed by atoms with Crippen molar-refractivity contribution in [2.24, 2.45) is 0 Å². The fourth-order valence-electron chi connectivity index (χ4n) is 2.07. The highest BCUT2D eigenvalue weighted by Gasteiger charge is 2.04. The van der Waals surface area contributed by atoms with Gasteiger partial charge in [-0.15, -0.1) is 0 Å². The Kier molecular flexibility index (Phi) is 2.93. The number of nitrogens with zero attached hydrogens (tertiary/aromatic N) is 1. The number of fused-ring (bicyclic) bond motifs is 1. The second-order valence-electron chi connectivity index (χ2n) is 4.52. The summed E-state index contributed by atoms with van der Waals surface area (Å²) in [5.41, 5.74) is 3.77. The number of aromatic amines is 1. The number of hydrogen-bond acceptors (Lipinski definition) is 3. The molecule has 3 rings (SSSR count). The highest BCUT2D eigenvalue weighted by Crippen LogP contribution is 2.25. The van der Waals surface area contributed by atoms with Crippen LogP contribution in [0.2, 0.25) is 0 Å². The minimum absolute atomic E-state index is 0.439. The molecule has 0 fully saturated rings. The van der Waals surface area contributed by atoms with Gasteiger partial charge >= 0.3 is 0 Å². The van der Waals surface area contributed by atoms with Crippen LogP contribution in [-0.4, -0.2) is 15.1 Å². The molecule has 96 valence electrons. The van der Waals surface area contributed by atoms with E-state index in [0.717, 1.165) is 28.0 Å². The van der Waals surface area contributed by atoms with E-state index in [9.17, 15) is 5.11 Å². The third kappa shape index (κ3) is 2.30. The van der Waals surface area contributed by atoms with Crippen LogP contribution in [0.4, 0.5) is 11.4 Å². The summed E-state index contributed by atoms with van der Waals surface area (Å²) in [7, 11) is 0. The molecule has 0 saturated carbocycles. The minimum Gasteiger partial charge on any atom is -0.389 e. The lowest BCUT2D eigenvalue weighted by molar-refractivity contribution is 0.199. The van der Waals surface area contributed by atoms with E-state index < -0.39 is 6.10 Å². The molecule has 4 nitrogen and oxygen atoms in total. The van der Waals surface area contributed by atoms with Crippen molar-refractivity contribution in [2.45, 2.75) is 13.0 Å². The highest BCUT2D eigenvalue weighted by atomic mass is 16.3. The van der Waals surface area contributed by atoms with Crippen LogP contribution in [0.3, 0.4) is 0 Å². The van der Waals surface area contributed by atoms with Gasteiger partial charge in [0.1, 0.15) is 5.65 Å². The molecular weight excluding hydrogens is 238 g/mol. The topological polar surface area (TPSA) is 60.9 Å². The second-order valence-corrected chi connectivity index (χ2v) is 4.52. The normalized spacial score (nSPS) is 12.5. The molecule has 2 aromatic heterocycles. The first-order chi connectivity index (χ1) is 9.24. The van der Waals surface area contributed by atoms with Gasteiger partial charge in [0, 0.05) is 23.5 Å². The fraction of sp³-hybridized carbons (Fsp3) is 0.133. The van der Waals surface area contributed by atoms with Crippen LogP contribution in [0.5, 0.6) is 0 Å². The third-order valence-corrected chi connectivity index (χ3v) is 3.13. The Morgan fingerprint density at radius 2 is 1.95 bits per heavy atom. The van der Waals surface area contributed by atoms with Gasteiger partial charge in [0.2, 0.25) is 0 Å². The molecule has 3 N–H and O–H groups in total. The van der Waals surface area contributed by atoms with Crippen LogP contribution < -0.4 is 5.32 Å². The van der Waals surface area contributed by atoms with Gasteiger partial charge in [-0.05, 0) is 36.8 Å². The number of benzene rings is 1. The zero-order chi connectivity index (χ0) is 13.2. The molecular formula is C15H15N3O. The number of rotatable bonds is 3. The highest BCUT2D eigenvalue weighted by molar-refractivity contribution is 5.91. The molecule has 3 aromatic rings. The summed E-state index contributed by atoms with van der Waals surface area (Å²) in [6.07, 6.45) is 3.21. The summed E-state index contributed by atoms with van der Waals surface area (Å²) in [6.45, 7) is 1.76. The molecule has 4 heteroatoms. The van der Waals surface area contributed by atoms with Gasteiger partial charge in [0.25, 0.3) is 0 Å². The first kappa shape index (κ1) is 11.7. The summed E-state index contributed by atoms with van der Waals surface area (Å²) >= 11 is 0. The summed E-state index contributed by atoms with van der Waals surface area (Å²) in [5.74, 6) is 0. The van der Waals surface area contributed by atoms with Crippen molar-refractivity contribution in [1.29, 1.82) is 0 Å². The monoisotopic (exact) mass is 253 g/mol.